The molecule has 124 valence electrons. The molecular formula is C17H29N3O2. The number of hydrogen-bond donors (Lipinski definition) is 2. The van der Waals surface area contributed by atoms with Crippen LogP contribution in [-0.4, -0.2) is 60.5 Å². The molecule has 5 nitrogen and oxygen atoms in total. The van der Waals surface area contributed by atoms with Crippen molar-refractivity contribution in [1.82, 2.24) is 15.2 Å². The van der Waals surface area contributed by atoms with E-state index in [4.69, 9.17) is 4.74 Å². The largest absolute Gasteiger partial charge is 0.391 e. The van der Waals surface area contributed by atoms with Crippen molar-refractivity contribution in [3.05, 3.63) is 30.1 Å². The van der Waals surface area contributed by atoms with Gasteiger partial charge in [-0.3, -0.25) is 9.88 Å². The van der Waals surface area contributed by atoms with Gasteiger partial charge in [-0.15, -0.1) is 0 Å². The van der Waals surface area contributed by atoms with Gasteiger partial charge in [-0.2, -0.15) is 0 Å². The van der Waals surface area contributed by atoms with Crippen molar-refractivity contribution in [2.45, 2.75) is 38.5 Å². The van der Waals surface area contributed by atoms with Gasteiger partial charge in [-0.1, -0.05) is 13.0 Å². The number of nitrogens with zero attached hydrogens (tertiary/aromatic N) is 2. The second-order valence-electron chi connectivity index (χ2n) is 6.28. The van der Waals surface area contributed by atoms with Crippen molar-refractivity contribution in [1.29, 1.82) is 0 Å². The monoisotopic (exact) mass is 307 g/mol. The summed E-state index contributed by atoms with van der Waals surface area (Å²) in [5.74, 6) is 0.608. The molecule has 0 saturated carbocycles. The Labute approximate surface area is 133 Å². The Balaban J connectivity index is 1.69. The standard InChI is InChI=1S/C17H29N3O2/c1-14-11-20(12-15-5-3-4-8-18-15)10-7-17(14)19-9-6-16(21)13-22-2/h3-5,8,14,16-17,19,21H,6-7,9-13H2,1-2H3. The number of ether oxygens (including phenoxy) is 1. The molecule has 2 N–H and O–H groups in total. The summed E-state index contributed by atoms with van der Waals surface area (Å²) in [6.07, 6.45) is 3.39. The second-order valence-corrected chi connectivity index (χ2v) is 6.28. The molecule has 3 unspecified atom stereocenters. The van der Waals surface area contributed by atoms with Crippen molar-refractivity contribution in [2.75, 3.05) is 33.4 Å². The third-order valence-corrected chi connectivity index (χ3v) is 4.34. The SMILES string of the molecule is COCC(O)CCNC1CCN(Cc2ccccn2)CC1C. The van der Waals surface area contributed by atoms with Gasteiger partial charge in [0.15, 0.2) is 0 Å². The zero-order valence-electron chi connectivity index (χ0n) is 13.7. The highest BCUT2D eigenvalue weighted by molar-refractivity contribution is 5.03. The van der Waals surface area contributed by atoms with Crippen LogP contribution in [0.1, 0.15) is 25.5 Å². The molecule has 0 bridgehead atoms. The van der Waals surface area contributed by atoms with Gasteiger partial charge >= 0.3 is 0 Å². The van der Waals surface area contributed by atoms with Crippen molar-refractivity contribution >= 4 is 0 Å². The van der Waals surface area contributed by atoms with Crippen LogP contribution in [0, 0.1) is 5.92 Å². The van der Waals surface area contributed by atoms with Gasteiger partial charge in [-0.25, -0.2) is 0 Å². The average Bonchev–Trinajstić information content (AvgIpc) is 2.51. The first kappa shape index (κ1) is 17.3. The molecule has 22 heavy (non-hydrogen) atoms. The van der Waals surface area contributed by atoms with Gasteiger partial charge in [0.05, 0.1) is 18.4 Å². The molecule has 1 aliphatic heterocycles. The first-order valence-electron chi connectivity index (χ1n) is 8.21. The van der Waals surface area contributed by atoms with Gasteiger partial charge in [0, 0.05) is 39.0 Å². The van der Waals surface area contributed by atoms with Crippen LogP contribution in [0.2, 0.25) is 0 Å². The molecule has 0 spiro atoms. The first-order valence-corrected chi connectivity index (χ1v) is 8.21. The maximum Gasteiger partial charge on any atom is 0.0785 e. The molecule has 1 aromatic heterocycles. The summed E-state index contributed by atoms with van der Waals surface area (Å²) in [6, 6.07) is 6.63. The predicted octanol–water partition coefficient (Wildman–Crippen LogP) is 1.28. The van der Waals surface area contributed by atoms with E-state index in [1.165, 1.54) is 0 Å². The zero-order chi connectivity index (χ0) is 15.8. The highest BCUT2D eigenvalue weighted by Crippen LogP contribution is 2.18. The molecule has 5 heteroatoms. The fourth-order valence-corrected chi connectivity index (χ4v) is 3.11. The average molecular weight is 307 g/mol. The Kier molecular flexibility index (Phi) is 7.25. The number of piperidine rings is 1. The van der Waals surface area contributed by atoms with Crippen LogP contribution in [0.25, 0.3) is 0 Å². The number of hydrogen-bond acceptors (Lipinski definition) is 5. The number of nitrogens with one attached hydrogen (secondary N) is 1. The van der Waals surface area contributed by atoms with Crippen LogP contribution in [0.5, 0.6) is 0 Å². The van der Waals surface area contributed by atoms with E-state index in [0.29, 0.717) is 18.6 Å². The number of methoxy groups -OCH3 is 1. The topological polar surface area (TPSA) is 57.6 Å². The van der Waals surface area contributed by atoms with Gasteiger partial charge in [-0.05, 0) is 37.4 Å². The van der Waals surface area contributed by atoms with E-state index in [1.54, 1.807) is 7.11 Å². The van der Waals surface area contributed by atoms with Gasteiger partial charge in [0.1, 0.15) is 0 Å². The second kappa shape index (κ2) is 9.20. The lowest BCUT2D eigenvalue weighted by Crippen LogP contribution is -2.48. The minimum atomic E-state index is -0.364. The summed E-state index contributed by atoms with van der Waals surface area (Å²) in [5, 5.41) is 13.3. The highest BCUT2D eigenvalue weighted by atomic mass is 16.5. The summed E-state index contributed by atoms with van der Waals surface area (Å²) >= 11 is 0. The van der Waals surface area contributed by atoms with Crippen LogP contribution in [0.3, 0.4) is 0 Å². The van der Waals surface area contributed by atoms with E-state index in [9.17, 15) is 5.11 Å². The van der Waals surface area contributed by atoms with Crippen LogP contribution in [0.15, 0.2) is 24.4 Å². The van der Waals surface area contributed by atoms with E-state index in [-0.39, 0.29) is 6.10 Å². The summed E-state index contributed by atoms with van der Waals surface area (Å²) < 4.78 is 4.95. The highest BCUT2D eigenvalue weighted by Gasteiger charge is 2.25. The number of rotatable bonds is 8. The number of aromatic nitrogens is 1. The van der Waals surface area contributed by atoms with E-state index in [1.807, 2.05) is 18.3 Å². The molecule has 2 heterocycles. The van der Waals surface area contributed by atoms with Gasteiger partial charge < -0.3 is 15.2 Å². The number of likely N-dealkylation sites (tertiary alicyclic amines) is 1. The van der Waals surface area contributed by atoms with Gasteiger partial charge in [0.2, 0.25) is 0 Å². The number of pyridine rings is 1. The zero-order valence-corrected chi connectivity index (χ0v) is 13.7. The Morgan fingerprint density at radius 3 is 3.05 bits per heavy atom. The van der Waals surface area contributed by atoms with E-state index < -0.39 is 0 Å². The normalized spacial score (nSPS) is 24.3. The third-order valence-electron chi connectivity index (χ3n) is 4.34. The maximum atomic E-state index is 9.67. The fraction of sp³-hybridized carbons (Fsp3) is 0.706. The number of aliphatic hydroxyl groups excluding tert-OH is 1. The Morgan fingerprint density at radius 1 is 1.50 bits per heavy atom. The minimum Gasteiger partial charge on any atom is -0.391 e. The summed E-state index contributed by atoms with van der Waals surface area (Å²) in [6.45, 7) is 6.69. The third kappa shape index (κ3) is 5.65. The van der Waals surface area contributed by atoms with E-state index >= 15 is 0 Å². The van der Waals surface area contributed by atoms with Crippen molar-refractivity contribution < 1.29 is 9.84 Å². The predicted molar refractivity (Wildman–Crippen MR) is 87.6 cm³/mol. The molecule has 1 aromatic rings. The Bertz CT molecular complexity index is 416. The lowest BCUT2D eigenvalue weighted by atomic mass is 9.93. The quantitative estimate of drug-likeness (QED) is 0.758. The lowest BCUT2D eigenvalue weighted by molar-refractivity contribution is 0.0572. The smallest absolute Gasteiger partial charge is 0.0785 e. The summed E-state index contributed by atoms with van der Waals surface area (Å²) in [5.41, 5.74) is 1.14. The molecule has 3 atom stereocenters. The fourth-order valence-electron chi connectivity index (χ4n) is 3.11. The molecule has 0 radical (unpaired) electrons. The van der Waals surface area contributed by atoms with E-state index in [2.05, 4.69) is 28.2 Å². The first-order chi connectivity index (χ1) is 10.7. The van der Waals surface area contributed by atoms with Crippen LogP contribution in [0.4, 0.5) is 0 Å². The molecule has 1 saturated heterocycles. The molecule has 2 rings (SSSR count). The Morgan fingerprint density at radius 2 is 2.36 bits per heavy atom. The molecule has 0 aromatic carbocycles. The Hall–Kier alpha value is -1.01. The maximum absolute atomic E-state index is 9.67. The van der Waals surface area contributed by atoms with Crippen molar-refractivity contribution in [3.8, 4) is 0 Å². The van der Waals surface area contributed by atoms with Crippen molar-refractivity contribution in [2.24, 2.45) is 5.92 Å². The van der Waals surface area contributed by atoms with E-state index in [0.717, 1.165) is 44.7 Å². The molecule has 0 amide bonds. The molecule has 0 aliphatic carbocycles. The molecular weight excluding hydrogens is 278 g/mol. The molecule has 1 fully saturated rings. The van der Waals surface area contributed by atoms with Crippen LogP contribution >= 0.6 is 0 Å². The lowest BCUT2D eigenvalue weighted by Gasteiger charge is -2.37. The number of aliphatic hydroxyl groups is 1. The minimum absolute atomic E-state index is 0.364. The molecule has 1 aliphatic rings. The van der Waals surface area contributed by atoms with Gasteiger partial charge in [0.25, 0.3) is 0 Å². The summed E-state index contributed by atoms with van der Waals surface area (Å²) in [4.78, 5) is 6.88. The van der Waals surface area contributed by atoms with Crippen molar-refractivity contribution in [3.63, 3.8) is 0 Å². The summed E-state index contributed by atoms with van der Waals surface area (Å²) in [7, 11) is 1.62. The van der Waals surface area contributed by atoms with Crippen LogP contribution in [-0.2, 0) is 11.3 Å². The van der Waals surface area contributed by atoms with Crippen LogP contribution < -0.4 is 5.32 Å².